The quantitative estimate of drug-likeness (QED) is 0.677. The first-order chi connectivity index (χ1) is 13.7. The molecule has 0 aliphatic heterocycles. The summed E-state index contributed by atoms with van der Waals surface area (Å²) in [6.45, 7) is 1.70. The molecule has 3 heterocycles. The number of rotatable bonds is 5. The number of nitrogens with zero attached hydrogens (tertiary/aromatic N) is 5. The van der Waals surface area contributed by atoms with Gasteiger partial charge in [-0.2, -0.15) is 22.6 Å². The van der Waals surface area contributed by atoms with Gasteiger partial charge in [0.1, 0.15) is 10.7 Å². The summed E-state index contributed by atoms with van der Waals surface area (Å²) in [5, 5.41) is 6.56. The van der Waals surface area contributed by atoms with Crippen LogP contribution >= 0.6 is 11.5 Å². The van der Waals surface area contributed by atoms with E-state index in [9.17, 15) is 18.0 Å². The molecule has 4 rings (SSSR count). The van der Waals surface area contributed by atoms with E-state index in [4.69, 9.17) is 0 Å². The van der Waals surface area contributed by atoms with Crippen LogP contribution in [0.25, 0.3) is 11.4 Å². The Morgan fingerprint density at radius 2 is 2.10 bits per heavy atom. The lowest BCUT2D eigenvalue weighted by Gasteiger charge is -2.10. The Morgan fingerprint density at radius 3 is 2.76 bits per heavy atom. The molecular formula is C18H17F3N6OS. The van der Waals surface area contributed by atoms with Crippen molar-refractivity contribution >= 4 is 17.4 Å². The van der Waals surface area contributed by atoms with Gasteiger partial charge in [-0.3, -0.25) is 14.5 Å². The second kappa shape index (κ2) is 7.21. The highest BCUT2D eigenvalue weighted by molar-refractivity contribution is 7.05. The SMILES string of the molecule is C[C@@H](NC(=O)c1cc(C(F)(F)F)nn1C)c1nc(-c2ccnc(C3CC3)c2)ns1. The van der Waals surface area contributed by atoms with Crippen molar-refractivity contribution in [3.05, 3.63) is 46.5 Å². The van der Waals surface area contributed by atoms with E-state index < -0.39 is 23.8 Å². The van der Waals surface area contributed by atoms with Crippen LogP contribution in [0.2, 0.25) is 0 Å². The fourth-order valence-corrected chi connectivity index (χ4v) is 3.54. The number of hydrogen-bond donors (Lipinski definition) is 1. The molecule has 3 aromatic heterocycles. The van der Waals surface area contributed by atoms with Crippen molar-refractivity contribution in [1.82, 2.24) is 29.4 Å². The van der Waals surface area contributed by atoms with E-state index in [0.717, 1.165) is 46.4 Å². The Bertz CT molecular complexity index is 1060. The molecule has 0 bridgehead atoms. The van der Waals surface area contributed by atoms with Gasteiger partial charge in [0.05, 0.1) is 6.04 Å². The fraction of sp³-hybridized carbons (Fsp3) is 0.389. The Hall–Kier alpha value is -2.82. The van der Waals surface area contributed by atoms with E-state index >= 15 is 0 Å². The average molecular weight is 422 g/mol. The summed E-state index contributed by atoms with van der Waals surface area (Å²) < 4.78 is 43.6. The smallest absolute Gasteiger partial charge is 0.342 e. The molecule has 152 valence electrons. The number of hydrogen-bond acceptors (Lipinski definition) is 6. The molecule has 3 aromatic rings. The monoisotopic (exact) mass is 422 g/mol. The largest absolute Gasteiger partial charge is 0.435 e. The highest BCUT2D eigenvalue weighted by atomic mass is 32.1. The van der Waals surface area contributed by atoms with Gasteiger partial charge < -0.3 is 5.32 Å². The lowest BCUT2D eigenvalue weighted by molar-refractivity contribution is -0.141. The van der Waals surface area contributed by atoms with Crippen molar-refractivity contribution < 1.29 is 18.0 Å². The van der Waals surface area contributed by atoms with E-state index in [1.165, 1.54) is 7.05 Å². The second-order valence-electron chi connectivity index (χ2n) is 6.93. The average Bonchev–Trinajstić information content (AvgIpc) is 3.25. The lowest BCUT2D eigenvalue weighted by Crippen LogP contribution is -2.28. The van der Waals surface area contributed by atoms with Crippen LogP contribution in [0.1, 0.15) is 58.6 Å². The van der Waals surface area contributed by atoms with Gasteiger partial charge in [0, 0.05) is 36.5 Å². The molecule has 1 aliphatic carbocycles. The normalized spacial score (nSPS) is 15.3. The van der Waals surface area contributed by atoms with Gasteiger partial charge in [-0.25, -0.2) is 4.98 Å². The molecule has 0 aromatic carbocycles. The molecule has 7 nitrogen and oxygen atoms in total. The number of alkyl halides is 3. The standard InChI is InChI=1S/C18H17F3N6OS/c1-9(23-16(28)13-8-14(18(19,20)21)25-27(13)2)17-24-15(26-29-17)11-5-6-22-12(7-11)10-3-4-10/h5-10H,3-4H2,1-2H3,(H,23,28)/t9-/m1/s1. The van der Waals surface area contributed by atoms with Crippen molar-refractivity contribution in [1.29, 1.82) is 0 Å². The second-order valence-corrected chi connectivity index (χ2v) is 7.71. The maximum Gasteiger partial charge on any atom is 0.435 e. The van der Waals surface area contributed by atoms with Crippen LogP contribution in [-0.4, -0.2) is 30.0 Å². The van der Waals surface area contributed by atoms with Crippen LogP contribution in [0, 0.1) is 0 Å². The van der Waals surface area contributed by atoms with Crippen LogP contribution in [0.15, 0.2) is 24.4 Å². The molecule has 0 saturated heterocycles. The summed E-state index contributed by atoms with van der Waals surface area (Å²) in [4.78, 5) is 21.3. The van der Waals surface area contributed by atoms with Gasteiger partial charge in [-0.05, 0) is 43.4 Å². The zero-order valence-electron chi connectivity index (χ0n) is 15.6. The topological polar surface area (TPSA) is 85.6 Å². The molecule has 1 fully saturated rings. The van der Waals surface area contributed by atoms with Gasteiger partial charge in [-0.15, -0.1) is 0 Å². The molecule has 11 heteroatoms. The van der Waals surface area contributed by atoms with Crippen molar-refractivity contribution in [2.24, 2.45) is 7.05 Å². The first-order valence-corrected chi connectivity index (χ1v) is 9.71. The highest BCUT2D eigenvalue weighted by Gasteiger charge is 2.35. The van der Waals surface area contributed by atoms with Gasteiger partial charge in [-0.1, -0.05) is 0 Å². The molecule has 1 aliphatic rings. The highest BCUT2D eigenvalue weighted by Crippen LogP contribution is 2.39. The number of aryl methyl sites for hydroxylation is 1. The van der Waals surface area contributed by atoms with Crippen molar-refractivity contribution in [3.8, 4) is 11.4 Å². The van der Waals surface area contributed by atoms with Crippen molar-refractivity contribution in [2.75, 3.05) is 0 Å². The number of carbonyl (C=O) groups is 1. The van der Waals surface area contributed by atoms with E-state index in [1.54, 1.807) is 13.1 Å². The number of amides is 1. The number of nitrogens with one attached hydrogen (secondary N) is 1. The Kier molecular flexibility index (Phi) is 4.85. The van der Waals surface area contributed by atoms with E-state index in [2.05, 4.69) is 24.8 Å². The van der Waals surface area contributed by atoms with Crippen LogP contribution in [-0.2, 0) is 13.2 Å². The van der Waals surface area contributed by atoms with Crippen molar-refractivity contribution in [2.45, 2.75) is 37.9 Å². The van der Waals surface area contributed by atoms with Crippen molar-refractivity contribution in [3.63, 3.8) is 0 Å². The third kappa shape index (κ3) is 4.14. The zero-order chi connectivity index (χ0) is 20.8. The van der Waals surface area contributed by atoms with Crippen LogP contribution < -0.4 is 5.32 Å². The maximum atomic E-state index is 12.8. The first-order valence-electron chi connectivity index (χ1n) is 8.94. The molecule has 1 amide bonds. The predicted molar refractivity (Wildman–Crippen MR) is 99.2 cm³/mol. The summed E-state index contributed by atoms with van der Waals surface area (Å²) in [6.07, 6.45) is -0.603. The Morgan fingerprint density at radius 1 is 1.34 bits per heavy atom. The van der Waals surface area contributed by atoms with Crippen LogP contribution in [0.3, 0.4) is 0 Å². The minimum absolute atomic E-state index is 0.183. The number of aromatic nitrogens is 5. The minimum atomic E-state index is -4.61. The predicted octanol–water partition coefficient (Wildman–Crippen LogP) is 3.72. The van der Waals surface area contributed by atoms with E-state index in [0.29, 0.717) is 16.7 Å². The third-order valence-electron chi connectivity index (χ3n) is 4.60. The molecular weight excluding hydrogens is 405 g/mol. The molecule has 1 saturated carbocycles. The minimum Gasteiger partial charge on any atom is -0.342 e. The molecule has 0 radical (unpaired) electrons. The number of pyridine rings is 1. The Labute approximate surface area is 168 Å². The summed E-state index contributed by atoms with van der Waals surface area (Å²) in [6, 6.07) is 4.00. The van der Waals surface area contributed by atoms with Gasteiger partial charge in [0.2, 0.25) is 0 Å². The first kappa shape index (κ1) is 19.5. The van der Waals surface area contributed by atoms with Crippen LogP contribution in [0.4, 0.5) is 13.2 Å². The van der Waals surface area contributed by atoms with Gasteiger partial charge in [0.15, 0.2) is 11.5 Å². The fourth-order valence-electron chi connectivity index (χ4n) is 2.87. The molecule has 29 heavy (non-hydrogen) atoms. The van der Waals surface area contributed by atoms with Gasteiger partial charge in [0.25, 0.3) is 5.91 Å². The van der Waals surface area contributed by atoms with Gasteiger partial charge >= 0.3 is 6.18 Å². The van der Waals surface area contributed by atoms with E-state index in [1.807, 2.05) is 12.1 Å². The summed E-state index contributed by atoms with van der Waals surface area (Å²) in [5.74, 6) is 0.377. The zero-order valence-corrected chi connectivity index (χ0v) is 16.4. The summed E-state index contributed by atoms with van der Waals surface area (Å²) in [5.41, 5.74) is 0.582. The Balaban J connectivity index is 1.48. The van der Waals surface area contributed by atoms with E-state index in [-0.39, 0.29) is 5.69 Å². The molecule has 0 spiro atoms. The lowest BCUT2D eigenvalue weighted by atomic mass is 10.2. The summed E-state index contributed by atoms with van der Waals surface area (Å²) >= 11 is 1.13. The molecule has 0 unspecified atom stereocenters. The van der Waals surface area contributed by atoms with Crippen LogP contribution in [0.5, 0.6) is 0 Å². The maximum absolute atomic E-state index is 12.8. The third-order valence-corrected chi connectivity index (χ3v) is 5.49. The number of halogens is 3. The number of carbonyl (C=O) groups excluding carboxylic acids is 1. The molecule has 1 atom stereocenters. The summed E-state index contributed by atoms with van der Waals surface area (Å²) in [7, 11) is 1.29. The molecule has 1 N–H and O–H groups in total.